The molecule has 0 radical (unpaired) electrons. The molecule has 0 heterocycles. The molecule has 0 saturated carbocycles. The molecule has 1 aromatic rings. The van der Waals surface area contributed by atoms with Crippen LogP contribution in [0.4, 0.5) is 13.2 Å². The number of alkyl halides is 3. The Morgan fingerprint density at radius 1 is 1.38 bits per heavy atom. The van der Waals surface area contributed by atoms with Crippen molar-refractivity contribution in [3.63, 3.8) is 0 Å². The molecule has 0 aliphatic rings. The zero-order chi connectivity index (χ0) is 12.2. The standard InChI is InChI=1S/C10H8F3NO2/c11-10(12,13)9-2-1-8(16-4-3-15)5-7(9)6-14/h1-2,5,15H,3-4H2. The van der Waals surface area contributed by atoms with E-state index >= 15 is 0 Å². The number of nitriles is 1. The normalized spacial score (nSPS) is 10.9. The smallest absolute Gasteiger partial charge is 0.417 e. The Bertz CT molecular complexity index is 410. The molecule has 6 heteroatoms. The lowest BCUT2D eigenvalue weighted by Crippen LogP contribution is -2.08. The van der Waals surface area contributed by atoms with Crippen LogP contribution in [0.15, 0.2) is 18.2 Å². The minimum Gasteiger partial charge on any atom is -0.491 e. The second-order valence-corrected chi connectivity index (χ2v) is 2.89. The first kappa shape index (κ1) is 12.3. The number of nitrogens with zero attached hydrogens (tertiary/aromatic N) is 1. The number of aliphatic hydroxyl groups is 1. The van der Waals surface area contributed by atoms with Crippen molar-refractivity contribution in [3.8, 4) is 11.8 Å². The summed E-state index contributed by atoms with van der Waals surface area (Å²) in [6.45, 7) is -0.279. The van der Waals surface area contributed by atoms with Gasteiger partial charge >= 0.3 is 6.18 Å². The van der Waals surface area contributed by atoms with E-state index in [9.17, 15) is 13.2 Å². The van der Waals surface area contributed by atoms with Gasteiger partial charge in [-0.05, 0) is 18.2 Å². The summed E-state index contributed by atoms with van der Waals surface area (Å²) in [6, 6.07) is 4.35. The number of hydrogen-bond acceptors (Lipinski definition) is 3. The molecule has 0 bridgehead atoms. The van der Waals surface area contributed by atoms with Crippen LogP contribution in [0.5, 0.6) is 5.75 Å². The van der Waals surface area contributed by atoms with Gasteiger partial charge in [0.1, 0.15) is 12.4 Å². The van der Waals surface area contributed by atoms with Crippen LogP contribution in [0.2, 0.25) is 0 Å². The summed E-state index contributed by atoms with van der Waals surface area (Å²) >= 11 is 0. The van der Waals surface area contributed by atoms with E-state index in [0.29, 0.717) is 0 Å². The van der Waals surface area contributed by atoms with Crippen molar-refractivity contribution in [3.05, 3.63) is 29.3 Å². The van der Waals surface area contributed by atoms with Gasteiger partial charge in [-0.15, -0.1) is 0 Å². The largest absolute Gasteiger partial charge is 0.491 e. The van der Waals surface area contributed by atoms with Gasteiger partial charge in [0, 0.05) is 0 Å². The fourth-order valence-corrected chi connectivity index (χ4v) is 1.12. The molecular formula is C10H8F3NO2. The number of aliphatic hydroxyl groups excluding tert-OH is 1. The lowest BCUT2D eigenvalue weighted by molar-refractivity contribution is -0.137. The van der Waals surface area contributed by atoms with Crippen molar-refractivity contribution in [2.45, 2.75) is 6.18 Å². The van der Waals surface area contributed by atoms with Crippen molar-refractivity contribution in [2.24, 2.45) is 0 Å². The third-order valence-electron chi connectivity index (χ3n) is 1.78. The summed E-state index contributed by atoms with van der Waals surface area (Å²) in [5.41, 5.74) is -1.49. The van der Waals surface area contributed by atoms with Crippen molar-refractivity contribution in [1.29, 1.82) is 5.26 Å². The minimum atomic E-state index is -4.55. The Kier molecular flexibility index (Phi) is 3.74. The summed E-state index contributed by atoms with van der Waals surface area (Å²) in [7, 11) is 0. The first-order valence-electron chi connectivity index (χ1n) is 4.34. The highest BCUT2D eigenvalue weighted by molar-refractivity contribution is 5.44. The number of ether oxygens (including phenoxy) is 1. The van der Waals surface area contributed by atoms with Gasteiger partial charge in [-0.1, -0.05) is 0 Å². The van der Waals surface area contributed by atoms with Crippen LogP contribution in [-0.2, 0) is 6.18 Å². The second-order valence-electron chi connectivity index (χ2n) is 2.89. The SMILES string of the molecule is N#Cc1cc(OCCO)ccc1C(F)(F)F. The number of halogens is 3. The summed E-state index contributed by atoms with van der Waals surface area (Å²) in [4.78, 5) is 0. The maximum atomic E-state index is 12.4. The van der Waals surface area contributed by atoms with Gasteiger partial charge in [-0.3, -0.25) is 0 Å². The number of hydrogen-bond donors (Lipinski definition) is 1. The predicted molar refractivity (Wildman–Crippen MR) is 48.7 cm³/mol. The molecule has 0 fully saturated rings. The van der Waals surface area contributed by atoms with Crippen LogP contribution in [0.25, 0.3) is 0 Å². The van der Waals surface area contributed by atoms with E-state index in [0.717, 1.165) is 18.2 Å². The number of rotatable bonds is 3. The van der Waals surface area contributed by atoms with Gasteiger partial charge in [0.25, 0.3) is 0 Å². The zero-order valence-corrected chi connectivity index (χ0v) is 8.08. The Morgan fingerprint density at radius 2 is 2.06 bits per heavy atom. The fraction of sp³-hybridized carbons (Fsp3) is 0.300. The third kappa shape index (κ3) is 2.87. The topological polar surface area (TPSA) is 53.2 Å². The molecule has 0 amide bonds. The monoisotopic (exact) mass is 231 g/mol. The lowest BCUT2D eigenvalue weighted by Gasteiger charge is -2.10. The van der Waals surface area contributed by atoms with Gasteiger partial charge in [-0.2, -0.15) is 18.4 Å². The molecule has 1 rings (SSSR count). The van der Waals surface area contributed by atoms with Crippen molar-refractivity contribution >= 4 is 0 Å². The van der Waals surface area contributed by atoms with Crippen molar-refractivity contribution < 1.29 is 23.0 Å². The molecule has 0 saturated heterocycles. The molecule has 0 aromatic heterocycles. The Morgan fingerprint density at radius 3 is 2.56 bits per heavy atom. The highest BCUT2D eigenvalue weighted by Crippen LogP contribution is 2.33. The molecule has 0 aliphatic carbocycles. The summed E-state index contributed by atoms with van der Waals surface area (Å²) < 4.78 is 42.1. The van der Waals surface area contributed by atoms with Crippen LogP contribution in [-0.4, -0.2) is 18.3 Å². The highest BCUT2D eigenvalue weighted by Gasteiger charge is 2.33. The highest BCUT2D eigenvalue weighted by atomic mass is 19.4. The van der Waals surface area contributed by atoms with Crippen LogP contribution < -0.4 is 4.74 Å². The molecule has 1 aromatic carbocycles. The zero-order valence-electron chi connectivity index (χ0n) is 8.08. The maximum Gasteiger partial charge on any atom is 0.417 e. The fourth-order valence-electron chi connectivity index (χ4n) is 1.12. The molecule has 0 atom stereocenters. The van der Waals surface area contributed by atoms with Gasteiger partial charge in [0.15, 0.2) is 0 Å². The van der Waals surface area contributed by atoms with E-state index in [1.165, 1.54) is 6.07 Å². The molecule has 0 aliphatic heterocycles. The van der Waals surface area contributed by atoms with E-state index in [-0.39, 0.29) is 19.0 Å². The summed E-state index contributed by atoms with van der Waals surface area (Å²) in [6.07, 6.45) is -4.55. The van der Waals surface area contributed by atoms with Crippen LogP contribution in [0.1, 0.15) is 11.1 Å². The Labute approximate surface area is 89.7 Å². The van der Waals surface area contributed by atoms with E-state index in [2.05, 4.69) is 0 Å². The predicted octanol–water partition coefficient (Wildman–Crippen LogP) is 1.95. The van der Waals surface area contributed by atoms with Crippen molar-refractivity contribution in [2.75, 3.05) is 13.2 Å². The van der Waals surface area contributed by atoms with Crippen LogP contribution in [0.3, 0.4) is 0 Å². The molecule has 1 N–H and O–H groups in total. The maximum absolute atomic E-state index is 12.4. The molecule has 16 heavy (non-hydrogen) atoms. The van der Waals surface area contributed by atoms with E-state index in [1.54, 1.807) is 0 Å². The van der Waals surface area contributed by atoms with Crippen molar-refractivity contribution in [1.82, 2.24) is 0 Å². The van der Waals surface area contributed by atoms with Crippen LogP contribution in [0, 0.1) is 11.3 Å². The van der Waals surface area contributed by atoms with Crippen LogP contribution >= 0.6 is 0 Å². The first-order chi connectivity index (χ1) is 7.49. The quantitative estimate of drug-likeness (QED) is 0.864. The van der Waals surface area contributed by atoms with E-state index in [4.69, 9.17) is 15.1 Å². The molecular weight excluding hydrogens is 223 g/mol. The Balaban J connectivity index is 3.04. The van der Waals surface area contributed by atoms with Gasteiger partial charge in [0.2, 0.25) is 0 Å². The molecule has 86 valence electrons. The molecule has 0 unspecified atom stereocenters. The Hall–Kier alpha value is -1.74. The second kappa shape index (κ2) is 4.86. The third-order valence-corrected chi connectivity index (χ3v) is 1.78. The van der Waals surface area contributed by atoms with Gasteiger partial charge in [0.05, 0.1) is 23.8 Å². The molecule has 0 spiro atoms. The lowest BCUT2D eigenvalue weighted by atomic mass is 10.1. The minimum absolute atomic E-state index is 0.0315. The average molecular weight is 231 g/mol. The number of benzene rings is 1. The van der Waals surface area contributed by atoms with Gasteiger partial charge in [-0.25, -0.2) is 0 Å². The summed E-state index contributed by atoms with van der Waals surface area (Å²) in [5.74, 6) is 0.124. The van der Waals surface area contributed by atoms with E-state index in [1.807, 2.05) is 0 Å². The van der Waals surface area contributed by atoms with E-state index < -0.39 is 17.3 Å². The summed E-state index contributed by atoms with van der Waals surface area (Å²) in [5, 5.41) is 17.0. The van der Waals surface area contributed by atoms with Gasteiger partial charge < -0.3 is 9.84 Å². The first-order valence-corrected chi connectivity index (χ1v) is 4.34. The average Bonchev–Trinajstić information content (AvgIpc) is 2.24. The molecule has 3 nitrogen and oxygen atoms in total.